The fourth-order valence-corrected chi connectivity index (χ4v) is 2.45. The Balaban J connectivity index is 2.26. The summed E-state index contributed by atoms with van der Waals surface area (Å²) in [6, 6.07) is 3.58. The second-order valence-corrected chi connectivity index (χ2v) is 4.56. The van der Waals surface area contributed by atoms with Crippen molar-refractivity contribution in [1.29, 1.82) is 0 Å². The van der Waals surface area contributed by atoms with Crippen LogP contribution >= 0.6 is 0 Å². The van der Waals surface area contributed by atoms with Gasteiger partial charge >= 0.3 is 5.97 Å². The maximum absolute atomic E-state index is 11.8. The van der Waals surface area contributed by atoms with Crippen LogP contribution in [0.15, 0.2) is 22.8 Å². The van der Waals surface area contributed by atoms with E-state index in [1.54, 1.807) is 12.3 Å². The van der Waals surface area contributed by atoms with Crippen LogP contribution in [-0.4, -0.2) is 18.9 Å². The van der Waals surface area contributed by atoms with Gasteiger partial charge < -0.3 is 9.15 Å². The first-order valence-electron chi connectivity index (χ1n) is 5.77. The number of rotatable bonds is 2. The van der Waals surface area contributed by atoms with Gasteiger partial charge in [0, 0.05) is 18.3 Å². The Hall–Kier alpha value is -1.58. The molecule has 0 unspecified atom stereocenters. The zero-order valence-electron chi connectivity index (χ0n) is 10.0. The van der Waals surface area contributed by atoms with Gasteiger partial charge in [-0.25, -0.2) is 0 Å². The predicted molar refractivity (Wildman–Crippen MR) is 60.4 cm³/mol. The molecule has 1 aliphatic carbocycles. The molecule has 92 valence electrons. The normalized spacial score (nSPS) is 29.1. The van der Waals surface area contributed by atoms with Crippen LogP contribution in [0.1, 0.15) is 31.4 Å². The van der Waals surface area contributed by atoms with Crippen molar-refractivity contribution in [3.8, 4) is 0 Å². The Bertz CT molecular complexity index is 407. The van der Waals surface area contributed by atoms with E-state index in [4.69, 9.17) is 9.15 Å². The van der Waals surface area contributed by atoms with Gasteiger partial charge in [-0.2, -0.15) is 0 Å². The topological polar surface area (TPSA) is 56.5 Å². The summed E-state index contributed by atoms with van der Waals surface area (Å²) >= 11 is 0. The molecule has 0 saturated heterocycles. The summed E-state index contributed by atoms with van der Waals surface area (Å²) in [6.07, 6.45) is 2.46. The van der Waals surface area contributed by atoms with Gasteiger partial charge in [0.25, 0.3) is 0 Å². The third kappa shape index (κ3) is 2.25. The average molecular weight is 236 g/mol. The maximum Gasteiger partial charge on any atom is 0.309 e. The minimum Gasteiger partial charge on any atom is -0.469 e. The van der Waals surface area contributed by atoms with E-state index in [2.05, 4.69) is 0 Å². The lowest BCUT2D eigenvalue weighted by atomic mass is 9.73. The summed E-state index contributed by atoms with van der Waals surface area (Å²) < 4.78 is 10.1. The van der Waals surface area contributed by atoms with Gasteiger partial charge in [-0.3, -0.25) is 9.59 Å². The molecule has 0 bridgehead atoms. The predicted octanol–water partition coefficient (Wildman–Crippen LogP) is 2.15. The first-order chi connectivity index (χ1) is 8.13. The van der Waals surface area contributed by atoms with Crippen LogP contribution in [0.4, 0.5) is 0 Å². The van der Waals surface area contributed by atoms with Crippen molar-refractivity contribution < 1.29 is 18.7 Å². The summed E-state index contributed by atoms with van der Waals surface area (Å²) in [7, 11) is 1.38. The molecule has 1 aliphatic rings. The Morgan fingerprint density at radius 2 is 2.29 bits per heavy atom. The number of methoxy groups -OCH3 is 1. The molecule has 0 amide bonds. The van der Waals surface area contributed by atoms with E-state index in [1.165, 1.54) is 7.11 Å². The second-order valence-electron chi connectivity index (χ2n) is 4.56. The van der Waals surface area contributed by atoms with Gasteiger partial charge in [0.2, 0.25) is 0 Å². The molecule has 0 aliphatic heterocycles. The molecule has 0 radical (unpaired) electrons. The van der Waals surface area contributed by atoms with Crippen LogP contribution < -0.4 is 0 Å². The number of carbonyl (C=O) groups excluding carboxylic acids is 2. The number of esters is 1. The van der Waals surface area contributed by atoms with Crippen LogP contribution in [0.25, 0.3) is 0 Å². The summed E-state index contributed by atoms with van der Waals surface area (Å²) in [6.45, 7) is 1.86. The number of furan rings is 1. The minimum atomic E-state index is -0.279. The molecule has 1 aromatic rings. The molecule has 1 saturated carbocycles. The Morgan fingerprint density at radius 1 is 1.53 bits per heavy atom. The van der Waals surface area contributed by atoms with Gasteiger partial charge in [0.05, 0.1) is 19.3 Å². The summed E-state index contributed by atoms with van der Waals surface area (Å²) in [5.74, 6) is 0.0864. The summed E-state index contributed by atoms with van der Waals surface area (Å²) in [5.41, 5.74) is 0. The fourth-order valence-electron chi connectivity index (χ4n) is 2.45. The summed E-state index contributed by atoms with van der Waals surface area (Å²) in [5, 5.41) is 0. The van der Waals surface area contributed by atoms with Gasteiger partial charge in [0.1, 0.15) is 11.5 Å². The van der Waals surface area contributed by atoms with Gasteiger partial charge in [0.15, 0.2) is 0 Å². The van der Waals surface area contributed by atoms with Crippen LogP contribution in [0.3, 0.4) is 0 Å². The number of hydrogen-bond acceptors (Lipinski definition) is 4. The fraction of sp³-hybridized carbons (Fsp3) is 0.538. The molecular weight excluding hydrogens is 220 g/mol. The molecule has 4 heteroatoms. The monoisotopic (exact) mass is 236 g/mol. The third-order valence-corrected chi connectivity index (χ3v) is 3.48. The highest BCUT2D eigenvalue weighted by molar-refractivity contribution is 5.85. The number of ketones is 1. The first-order valence-corrected chi connectivity index (χ1v) is 5.77. The van der Waals surface area contributed by atoms with Crippen LogP contribution in [0.5, 0.6) is 0 Å². The quantitative estimate of drug-likeness (QED) is 0.738. The highest BCUT2D eigenvalue weighted by atomic mass is 16.5. The van der Waals surface area contributed by atoms with E-state index in [0.29, 0.717) is 18.6 Å². The zero-order chi connectivity index (χ0) is 12.4. The van der Waals surface area contributed by atoms with Crippen molar-refractivity contribution >= 4 is 11.8 Å². The van der Waals surface area contributed by atoms with Crippen LogP contribution in [0, 0.1) is 11.8 Å². The number of hydrogen-bond donors (Lipinski definition) is 0. The highest BCUT2D eigenvalue weighted by Gasteiger charge is 2.40. The van der Waals surface area contributed by atoms with E-state index in [9.17, 15) is 9.59 Å². The molecule has 1 fully saturated rings. The number of Topliss-reactive ketones (excluding diaryl/α,β-unsaturated/α-hetero) is 1. The Labute approximate surface area is 99.9 Å². The van der Waals surface area contributed by atoms with Gasteiger partial charge in [-0.05, 0) is 18.6 Å². The van der Waals surface area contributed by atoms with E-state index in [1.807, 2.05) is 13.0 Å². The molecular formula is C13H16O4. The standard InChI is InChI=1S/C13H16O4/c1-8-6-10(13(15)16-2)9(7-11(8)14)12-4-3-5-17-12/h3-5,8-10H,6-7H2,1-2H3/t8-,9+,10+/m0/s1. The van der Waals surface area contributed by atoms with Crippen molar-refractivity contribution in [3.63, 3.8) is 0 Å². The summed E-state index contributed by atoms with van der Waals surface area (Å²) in [4.78, 5) is 23.5. The van der Waals surface area contributed by atoms with Crippen LogP contribution in [-0.2, 0) is 14.3 Å². The smallest absolute Gasteiger partial charge is 0.309 e. The van der Waals surface area contributed by atoms with Gasteiger partial charge in [-0.15, -0.1) is 0 Å². The molecule has 0 N–H and O–H groups in total. The minimum absolute atomic E-state index is 0.0784. The largest absolute Gasteiger partial charge is 0.469 e. The zero-order valence-corrected chi connectivity index (χ0v) is 10.0. The van der Waals surface area contributed by atoms with E-state index in [-0.39, 0.29) is 29.5 Å². The van der Waals surface area contributed by atoms with Crippen LogP contribution in [0.2, 0.25) is 0 Å². The Morgan fingerprint density at radius 3 is 2.88 bits per heavy atom. The third-order valence-electron chi connectivity index (χ3n) is 3.48. The number of ether oxygens (including phenoxy) is 1. The van der Waals surface area contributed by atoms with Crippen molar-refractivity contribution in [3.05, 3.63) is 24.2 Å². The van der Waals surface area contributed by atoms with E-state index >= 15 is 0 Å². The Kier molecular flexibility index (Phi) is 3.31. The molecule has 1 heterocycles. The lowest BCUT2D eigenvalue weighted by molar-refractivity contribution is -0.149. The van der Waals surface area contributed by atoms with Crippen molar-refractivity contribution in [1.82, 2.24) is 0 Å². The molecule has 17 heavy (non-hydrogen) atoms. The van der Waals surface area contributed by atoms with E-state index < -0.39 is 0 Å². The maximum atomic E-state index is 11.8. The lowest BCUT2D eigenvalue weighted by Crippen LogP contribution is -2.34. The lowest BCUT2D eigenvalue weighted by Gasteiger charge is -2.30. The first kappa shape index (κ1) is 11.9. The average Bonchev–Trinajstić information content (AvgIpc) is 2.84. The number of carbonyl (C=O) groups is 2. The van der Waals surface area contributed by atoms with E-state index in [0.717, 1.165) is 0 Å². The second kappa shape index (κ2) is 4.73. The molecule has 3 atom stereocenters. The molecule has 0 aromatic carbocycles. The van der Waals surface area contributed by atoms with Crippen molar-refractivity contribution in [2.75, 3.05) is 7.11 Å². The molecule has 2 rings (SSSR count). The molecule has 1 aromatic heterocycles. The van der Waals surface area contributed by atoms with Crippen molar-refractivity contribution in [2.45, 2.75) is 25.7 Å². The van der Waals surface area contributed by atoms with Gasteiger partial charge in [-0.1, -0.05) is 6.92 Å². The van der Waals surface area contributed by atoms with Crippen molar-refractivity contribution in [2.24, 2.45) is 11.8 Å². The molecule has 4 nitrogen and oxygen atoms in total. The SMILES string of the molecule is COC(=O)[C@@H]1C[C@H](C)C(=O)C[C@H]1c1ccco1. The molecule has 0 spiro atoms. The highest BCUT2D eigenvalue weighted by Crippen LogP contribution is 2.39.